The van der Waals surface area contributed by atoms with Crippen LogP contribution in [0, 0.1) is 0 Å². The number of hydrogen-bond donors (Lipinski definition) is 2. The molecule has 2 aromatic rings. The van der Waals surface area contributed by atoms with Crippen LogP contribution in [0.15, 0.2) is 48.5 Å². The quantitative estimate of drug-likeness (QED) is 0.585. The van der Waals surface area contributed by atoms with Gasteiger partial charge in [-0.1, -0.05) is 24.3 Å². The molecule has 0 unspecified atom stereocenters. The Hall–Kier alpha value is -3.35. The van der Waals surface area contributed by atoms with Gasteiger partial charge in [0.25, 0.3) is 0 Å². The molecular formula is C19H20N2O5. The highest BCUT2D eigenvalue weighted by Gasteiger charge is 2.15. The molecule has 2 amide bonds. The molecule has 0 aromatic heterocycles. The summed E-state index contributed by atoms with van der Waals surface area (Å²) in [6.07, 6.45) is -0.355. The first kappa shape index (κ1) is 19.0. The first-order chi connectivity index (χ1) is 12.5. The third-order valence-corrected chi connectivity index (χ3v) is 3.58. The Balaban J connectivity index is 1.87. The number of carbonyl (C=O) groups excluding carboxylic acids is 3. The highest BCUT2D eigenvalue weighted by atomic mass is 16.5. The van der Waals surface area contributed by atoms with Crippen LogP contribution in [0.4, 0.5) is 5.69 Å². The van der Waals surface area contributed by atoms with Crippen LogP contribution in [0.3, 0.4) is 0 Å². The number of esters is 1. The summed E-state index contributed by atoms with van der Waals surface area (Å²) in [5, 5.41) is 5.22. The number of hydrogen-bond acceptors (Lipinski definition) is 5. The van der Waals surface area contributed by atoms with Crippen LogP contribution in [0.5, 0.6) is 5.75 Å². The standard InChI is InChI=1S/C19H20N2O5/c1-25-14-9-7-13(8-10-14)12-20-17(22)11-18(23)21-16-6-4-3-5-15(16)19(24)26-2/h3-10H,11-12H2,1-2H3,(H,20,22)(H,21,23). The van der Waals surface area contributed by atoms with Crippen molar-refractivity contribution in [1.82, 2.24) is 5.32 Å². The van der Waals surface area contributed by atoms with Crippen LogP contribution >= 0.6 is 0 Å². The van der Waals surface area contributed by atoms with E-state index >= 15 is 0 Å². The number of para-hydroxylation sites is 1. The lowest BCUT2D eigenvalue weighted by molar-refractivity contribution is -0.126. The number of anilines is 1. The van der Waals surface area contributed by atoms with Gasteiger partial charge in [-0.3, -0.25) is 9.59 Å². The summed E-state index contributed by atoms with van der Waals surface area (Å²) in [6, 6.07) is 13.7. The molecular weight excluding hydrogens is 336 g/mol. The summed E-state index contributed by atoms with van der Waals surface area (Å²) in [7, 11) is 2.83. The van der Waals surface area contributed by atoms with Crippen LogP contribution in [-0.4, -0.2) is 32.0 Å². The molecule has 0 radical (unpaired) electrons. The molecule has 0 atom stereocenters. The van der Waals surface area contributed by atoms with E-state index < -0.39 is 17.8 Å². The smallest absolute Gasteiger partial charge is 0.339 e. The average molecular weight is 356 g/mol. The molecule has 0 aliphatic carbocycles. The van der Waals surface area contributed by atoms with E-state index in [1.54, 1.807) is 37.4 Å². The fourth-order valence-corrected chi connectivity index (χ4v) is 2.23. The molecule has 26 heavy (non-hydrogen) atoms. The van der Waals surface area contributed by atoms with Gasteiger partial charge in [-0.2, -0.15) is 0 Å². The van der Waals surface area contributed by atoms with Crippen molar-refractivity contribution >= 4 is 23.5 Å². The molecule has 2 aromatic carbocycles. The summed E-state index contributed by atoms with van der Waals surface area (Å²) < 4.78 is 9.73. The van der Waals surface area contributed by atoms with E-state index in [4.69, 9.17) is 4.74 Å². The van der Waals surface area contributed by atoms with Crippen molar-refractivity contribution in [2.75, 3.05) is 19.5 Å². The van der Waals surface area contributed by atoms with Crippen LogP contribution in [0.1, 0.15) is 22.3 Å². The van der Waals surface area contributed by atoms with Gasteiger partial charge in [0.1, 0.15) is 12.2 Å². The molecule has 0 saturated heterocycles. The number of methoxy groups -OCH3 is 2. The first-order valence-electron chi connectivity index (χ1n) is 7.90. The summed E-state index contributed by atoms with van der Waals surface area (Å²) in [5.74, 6) is -0.781. The van der Waals surface area contributed by atoms with Crippen molar-refractivity contribution in [3.05, 3.63) is 59.7 Å². The second-order valence-electron chi connectivity index (χ2n) is 5.39. The van der Waals surface area contributed by atoms with Crippen molar-refractivity contribution in [2.45, 2.75) is 13.0 Å². The minimum atomic E-state index is -0.565. The molecule has 2 rings (SSSR count). The maximum atomic E-state index is 12.0. The topological polar surface area (TPSA) is 93.7 Å². The minimum absolute atomic E-state index is 0.224. The van der Waals surface area contributed by atoms with Gasteiger partial charge in [0.15, 0.2) is 0 Å². The Morgan fingerprint density at radius 2 is 1.62 bits per heavy atom. The van der Waals surface area contributed by atoms with Gasteiger partial charge in [-0.05, 0) is 29.8 Å². The molecule has 0 aliphatic rings. The highest BCUT2D eigenvalue weighted by molar-refractivity contribution is 6.06. The van der Waals surface area contributed by atoms with E-state index in [2.05, 4.69) is 15.4 Å². The molecule has 0 aliphatic heterocycles. The molecule has 7 nitrogen and oxygen atoms in total. The largest absolute Gasteiger partial charge is 0.497 e. The summed E-state index contributed by atoms with van der Waals surface area (Å²) >= 11 is 0. The van der Waals surface area contributed by atoms with Gasteiger partial charge in [0.05, 0.1) is 25.5 Å². The predicted octanol–water partition coefficient (Wildman–Crippen LogP) is 2.13. The second-order valence-corrected chi connectivity index (χ2v) is 5.39. The third-order valence-electron chi connectivity index (χ3n) is 3.58. The van der Waals surface area contributed by atoms with Gasteiger partial charge < -0.3 is 20.1 Å². The zero-order valence-electron chi connectivity index (χ0n) is 14.6. The molecule has 2 N–H and O–H groups in total. The number of benzene rings is 2. The fourth-order valence-electron chi connectivity index (χ4n) is 2.23. The van der Waals surface area contributed by atoms with Gasteiger partial charge in [0.2, 0.25) is 11.8 Å². The lowest BCUT2D eigenvalue weighted by atomic mass is 10.1. The van der Waals surface area contributed by atoms with Crippen molar-refractivity contribution in [3.8, 4) is 5.75 Å². The molecule has 136 valence electrons. The highest BCUT2D eigenvalue weighted by Crippen LogP contribution is 2.16. The lowest BCUT2D eigenvalue weighted by Crippen LogP contribution is -2.28. The van der Waals surface area contributed by atoms with E-state index in [0.29, 0.717) is 12.2 Å². The number of nitrogens with one attached hydrogen (secondary N) is 2. The third kappa shape index (κ3) is 5.34. The Kier molecular flexibility index (Phi) is 6.73. The zero-order chi connectivity index (χ0) is 18.9. The number of carbonyl (C=O) groups is 3. The van der Waals surface area contributed by atoms with Crippen LogP contribution in [0.2, 0.25) is 0 Å². The second kappa shape index (κ2) is 9.22. The van der Waals surface area contributed by atoms with Gasteiger partial charge in [-0.25, -0.2) is 4.79 Å². The minimum Gasteiger partial charge on any atom is -0.497 e. The van der Waals surface area contributed by atoms with E-state index in [1.807, 2.05) is 12.1 Å². The maximum absolute atomic E-state index is 12.0. The van der Waals surface area contributed by atoms with Gasteiger partial charge >= 0.3 is 5.97 Å². The van der Waals surface area contributed by atoms with E-state index in [-0.39, 0.29) is 12.0 Å². The molecule has 7 heteroatoms. The normalized spacial score (nSPS) is 9.92. The van der Waals surface area contributed by atoms with Gasteiger partial charge in [-0.15, -0.1) is 0 Å². The zero-order valence-corrected chi connectivity index (χ0v) is 14.6. The monoisotopic (exact) mass is 356 g/mol. The van der Waals surface area contributed by atoms with Crippen molar-refractivity contribution in [1.29, 1.82) is 0 Å². The first-order valence-corrected chi connectivity index (χ1v) is 7.90. The Morgan fingerprint density at radius 3 is 2.27 bits per heavy atom. The lowest BCUT2D eigenvalue weighted by Gasteiger charge is -2.10. The van der Waals surface area contributed by atoms with E-state index in [0.717, 1.165) is 11.3 Å². The van der Waals surface area contributed by atoms with Crippen LogP contribution < -0.4 is 15.4 Å². The molecule has 0 heterocycles. The number of amides is 2. The predicted molar refractivity (Wildman–Crippen MR) is 95.9 cm³/mol. The molecule has 0 spiro atoms. The van der Waals surface area contributed by atoms with Gasteiger partial charge in [0, 0.05) is 6.54 Å². The van der Waals surface area contributed by atoms with Crippen LogP contribution in [0.25, 0.3) is 0 Å². The Morgan fingerprint density at radius 1 is 0.923 bits per heavy atom. The molecule has 0 bridgehead atoms. The maximum Gasteiger partial charge on any atom is 0.339 e. The van der Waals surface area contributed by atoms with E-state index in [1.165, 1.54) is 13.2 Å². The summed E-state index contributed by atoms with van der Waals surface area (Å²) in [5.41, 5.74) is 1.41. The number of ether oxygens (including phenoxy) is 2. The fraction of sp³-hybridized carbons (Fsp3) is 0.211. The number of rotatable bonds is 7. The SMILES string of the molecule is COC(=O)c1ccccc1NC(=O)CC(=O)NCc1ccc(OC)cc1. The van der Waals surface area contributed by atoms with Crippen molar-refractivity contribution < 1.29 is 23.9 Å². The summed E-state index contributed by atoms with van der Waals surface area (Å²) in [6.45, 7) is 0.300. The van der Waals surface area contributed by atoms with E-state index in [9.17, 15) is 14.4 Å². The molecule has 0 fully saturated rings. The summed E-state index contributed by atoms with van der Waals surface area (Å²) in [4.78, 5) is 35.6. The van der Waals surface area contributed by atoms with Crippen molar-refractivity contribution in [3.63, 3.8) is 0 Å². The van der Waals surface area contributed by atoms with Crippen molar-refractivity contribution in [2.24, 2.45) is 0 Å². The molecule has 0 saturated carbocycles. The average Bonchev–Trinajstić information content (AvgIpc) is 2.66. The Labute approximate surface area is 151 Å². The van der Waals surface area contributed by atoms with Crippen LogP contribution in [-0.2, 0) is 20.9 Å². The Bertz CT molecular complexity index is 787.